The Balaban J connectivity index is 2.53. The largest absolute Gasteiger partial charge is 0.493 e. The quantitative estimate of drug-likeness (QED) is 0.518. The molecule has 28 heavy (non-hydrogen) atoms. The van der Waals surface area contributed by atoms with Gasteiger partial charge in [-0.2, -0.15) is 0 Å². The topological polar surface area (TPSA) is 75.3 Å². The number of hydrogen-bond donors (Lipinski definition) is 1. The van der Waals surface area contributed by atoms with E-state index < -0.39 is 13.4 Å². The van der Waals surface area contributed by atoms with Gasteiger partial charge in [0.05, 0.1) is 34.5 Å². The number of hydrogen-bond acceptors (Lipinski definition) is 7. The van der Waals surface area contributed by atoms with Crippen molar-refractivity contribution in [3.63, 3.8) is 0 Å². The van der Waals surface area contributed by atoms with Crippen LogP contribution >= 0.6 is 7.60 Å². The van der Waals surface area contributed by atoms with Crippen LogP contribution in [0.3, 0.4) is 0 Å². The predicted molar refractivity (Wildman–Crippen MR) is 110 cm³/mol. The van der Waals surface area contributed by atoms with E-state index in [9.17, 15) is 4.57 Å². The Morgan fingerprint density at radius 3 is 1.86 bits per heavy atom. The monoisotopic (exact) mass is 409 g/mol. The maximum atomic E-state index is 13.6. The molecule has 2 aromatic carbocycles. The number of methoxy groups -OCH3 is 3. The molecule has 0 saturated carbocycles. The van der Waals surface area contributed by atoms with Crippen LogP contribution < -0.4 is 19.5 Å². The lowest BCUT2D eigenvalue weighted by Gasteiger charge is -2.28. The molecule has 0 aliphatic rings. The summed E-state index contributed by atoms with van der Waals surface area (Å²) in [6, 6.07) is 12.9. The maximum Gasteiger partial charge on any atom is 0.357 e. The van der Waals surface area contributed by atoms with Gasteiger partial charge in [-0.3, -0.25) is 4.57 Å². The van der Waals surface area contributed by atoms with E-state index in [0.717, 1.165) is 5.56 Å². The highest BCUT2D eigenvalue weighted by atomic mass is 31.2. The van der Waals surface area contributed by atoms with Gasteiger partial charge >= 0.3 is 7.60 Å². The van der Waals surface area contributed by atoms with Crippen LogP contribution in [0.2, 0.25) is 0 Å². The van der Waals surface area contributed by atoms with Crippen molar-refractivity contribution in [2.24, 2.45) is 0 Å². The molecule has 1 atom stereocenters. The van der Waals surface area contributed by atoms with Crippen LogP contribution in [-0.4, -0.2) is 34.5 Å². The minimum Gasteiger partial charge on any atom is -0.493 e. The van der Waals surface area contributed by atoms with Gasteiger partial charge in [0.15, 0.2) is 17.3 Å². The number of ether oxygens (including phenoxy) is 3. The van der Waals surface area contributed by atoms with E-state index in [1.807, 2.05) is 30.3 Å². The molecule has 0 fully saturated rings. The molecule has 7 nitrogen and oxygen atoms in total. The van der Waals surface area contributed by atoms with Gasteiger partial charge in [0.2, 0.25) is 5.75 Å². The fraction of sp³-hybridized carbons (Fsp3) is 0.400. The molecule has 2 aromatic rings. The summed E-state index contributed by atoms with van der Waals surface area (Å²) in [6.07, 6.45) is 0. The molecule has 0 aliphatic carbocycles. The molecule has 0 aromatic heterocycles. The second kappa shape index (κ2) is 10.4. The van der Waals surface area contributed by atoms with Gasteiger partial charge in [-0.1, -0.05) is 30.3 Å². The van der Waals surface area contributed by atoms with Crippen LogP contribution in [0.4, 0.5) is 5.69 Å². The molecule has 0 aliphatic heterocycles. The summed E-state index contributed by atoms with van der Waals surface area (Å²) >= 11 is 0. The lowest BCUT2D eigenvalue weighted by atomic mass is 10.2. The summed E-state index contributed by atoms with van der Waals surface area (Å²) in [7, 11) is 1.12. The van der Waals surface area contributed by atoms with Crippen molar-refractivity contribution < 1.29 is 27.8 Å². The number of benzene rings is 2. The van der Waals surface area contributed by atoms with Crippen molar-refractivity contribution >= 4 is 13.3 Å². The molecule has 0 amide bonds. The normalized spacial score (nSPS) is 12.3. The molecule has 0 heterocycles. The van der Waals surface area contributed by atoms with Gasteiger partial charge in [0, 0.05) is 17.8 Å². The van der Waals surface area contributed by atoms with Crippen LogP contribution in [-0.2, 0) is 13.6 Å². The molecular weight excluding hydrogens is 381 g/mol. The van der Waals surface area contributed by atoms with E-state index in [1.165, 1.54) is 0 Å². The second-order valence-electron chi connectivity index (χ2n) is 5.75. The number of anilines is 1. The van der Waals surface area contributed by atoms with Crippen LogP contribution in [0.1, 0.15) is 25.2 Å². The van der Waals surface area contributed by atoms with E-state index in [0.29, 0.717) is 22.9 Å². The molecule has 2 rings (SSSR count). The zero-order chi connectivity index (χ0) is 20.6. The van der Waals surface area contributed by atoms with Crippen LogP contribution in [0, 0.1) is 0 Å². The molecule has 0 bridgehead atoms. The highest BCUT2D eigenvalue weighted by Crippen LogP contribution is 2.61. The average Bonchev–Trinajstić information content (AvgIpc) is 2.72. The third-order valence-electron chi connectivity index (χ3n) is 4.02. The van der Waals surface area contributed by atoms with Gasteiger partial charge < -0.3 is 28.6 Å². The first-order valence-corrected chi connectivity index (χ1v) is 10.6. The van der Waals surface area contributed by atoms with Crippen molar-refractivity contribution in [1.29, 1.82) is 0 Å². The predicted octanol–water partition coefficient (Wildman–Crippen LogP) is 5.09. The Bertz CT molecular complexity index is 764. The maximum absolute atomic E-state index is 13.6. The Kier molecular flexibility index (Phi) is 8.18. The first kappa shape index (κ1) is 22.1. The van der Waals surface area contributed by atoms with E-state index in [1.54, 1.807) is 47.3 Å². The van der Waals surface area contributed by atoms with Crippen molar-refractivity contribution in [1.82, 2.24) is 0 Å². The van der Waals surface area contributed by atoms with E-state index >= 15 is 0 Å². The van der Waals surface area contributed by atoms with Gasteiger partial charge in [-0.15, -0.1) is 0 Å². The average molecular weight is 409 g/mol. The third kappa shape index (κ3) is 4.98. The number of nitrogens with one attached hydrogen (secondary N) is 1. The smallest absolute Gasteiger partial charge is 0.357 e. The Morgan fingerprint density at radius 1 is 0.893 bits per heavy atom. The summed E-state index contributed by atoms with van der Waals surface area (Å²) < 4.78 is 40.9. The highest BCUT2D eigenvalue weighted by Gasteiger charge is 2.37. The summed E-state index contributed by atoms with van der Waals surface area (Å²) in [5, 5.41) is 3.28. The van der Waals surface area contributed by atoms with Crippen LogP contribution in [0.15, 0.2) is 42.5 Å². The van der Waals surface area contributed by atoms with Crippen LogP contribution in [0.5, 0.6) is 17.2 Å². The Labute approximate surface area is 166 Å². The molecule has 8 heteroatoms. The fourth-order valence-corrected chi connectivity index (χ4v) is 4.79. The Hall–Kier alpha value is -2.21. The summed E-state index contributed by atoms with van der Waals surface area (Å²) in [5.41, 5.74) is 1.41. The summed E-state index contributed by atoms with van der Waals surface area (Å²) in [5.74, 6) is 0.735. The Morgan fingerprint density at radius 2 is 1.43 bits per heavy atom. The van der Waals surface area contributed by atoms with Crippen molar-refractivity contribution in [2.75, 3.05) is 39.9 Å². The van der Waals surface area contributed by atoms with E-state index in [-0.39, 0.29) is 13.2 Å². The second-order valence-corrected chi connectivity index (χ2v) is 7.86. The molecule has 1 unspecified atom stereocenters. The molecular formula is C20H28NO6P. The van der Waals surface area contributed by atoms with Gasteiger partial charge in [-0.25, -0.2) is 0 Å². The third-order valence-corrected chi connectivity index (χ3v) is 6.31. The minimum absolute atomic E-state index is 0.261. The summed E-state index contributed by atoms with van der Waals surface area (Å²) in [6.45, 7) is 4.09. The summed E-state index contributed by atoms with van der Waals surface area (Å²) in [4.78, 5) is 0. The molecule has 0 spiro atoms. The molecule has 1 N–H and O–H groups in total. The zero-order valence-electron chi connectivity index (χ0n) is 16.9. The van der Waals surface area contributed by atoms with E-state index in [2.05, 4.69) is 5.32 Å². The standard InChI is InChI=1S/C20H28NO6P/c1-6-26-28(22,27-7-2)20(15-11-9-8-10-12-15)21-16-13-17(23-3)19(25-5)18(14-16)24-4/h8-14,20-21H,6-7H2,1-5H3. The molecule has 0 saturated heterocycles. The molecule has 0 radical (unpaired) electrons. The van der Waals surface area contributed by atoms with E-state index in [4.69, 9.17) is 23.3 Å². The van der Waals surface area contributed by atoms with Crippen molar-refractivity contribution in [2.45, 2.75) is 19.6 Å². The van der Waals surface area contributed by atoms with Gasteiger partial charge in [-0.05, 0) is 19.4 Å². The lowest BCUT2D eigenvalue weighted by Crippen LogP contribution is -2.15. The SMILES string of the molecule is CCOP(=O)(OCC)C(Nc1cc(OC)c(OC)c(OC)c1)c1ccccc1. The van der Waals surface area contributed by atoms with Crippen molar-refractivity contribution in [3.8, 4) is 17.2 Å². The first-order valence-electron chi connectivity index (χ1n) is 9.03. The zero-order valence-corrected chi connectivity index (χ0v) is 17.8. The minimum atomic E-state index is -3.51. The number of rotatable bonds is 11. The van der Waals surface area contributed by atoms with Crippen molar-refractivity contribution in [3.05, 3.63) is 48.0 Å². The lowest BCUT2D eigenvalue weighted by molar-refractivity contribution is 0.214. The van der Waals surface area contributed by atoms with Crippen LogP contribution in [0.25, 0.3) is 0 Å². The van der Waals surface area contributed by atoms with Gasteiger partial charge in [0.1, 0.15) is 0 Å². The fourth-order valence-electron chi connectivity index (χ4n) is 2.85. The highest BCUT2D eigenvalue weighted by molar-refractivity contribution is 7.54. The van der Waals surface area contributed by atoms with Gasteiger partial charge in [0.25, 0.3) is 0 Å². The molecule has 154 valence electrons. The first-order chi connectivity index (χ1) is 13.5.